The van der Waals surface area contributed by atoms with Crippen LogP contribution in [0.2, 0.25) is 0 Å². The minimum absolute atomic E-state index is 0.121. The van der Waals surface area contributed by atoms with Gasteiger partial charge in [-0.15, -0.1) is 0 Å². The molecule has 0 bridgehead atoms. The van der Waals surface area contributed by atoms with Gasteiger partial charge in [-0.1, -0.05) is 12.1 Å². The Morgan fingerprint density at radius 3 is 2.53 bits per heavy atom. The Morgan fingerprint density at radius 2 is 1.95 bits per heavy atom. The number of hydrogen-bond acceptors (Lipinski definition) is 2. The Labute approximate surface area is 119 Å². The highest BCUT2D eigenvalue weighted by Gasteiger charge is 2.12. The molecule has 98 valence electrons. The Bertz CT molecular complexity index is 569. The molecule has 0 fully saturated rings. The third-order valence-corrected chi connectivity index (χ3v) is 3.12. The van der Waals surface area contributed by atoms with E-state index in [4.69, 9.17) is 0 Å². The number of pyridine rings is 1. The van der Waals surface area contributed by atoms with E-state index >= 15 is 0 Å². The summed E-state index contributed by atoms with van der Waals surface area (Å²) in [6.07, 6.45) is 1.52. The van der Waals surface area contributed by atoms with Gasteiger partial charge in [-0.3, -0.25) is 4.79 Å². The lowest BCUT2D eigenvalue weighted by Gasteiger charge is -2.17. The Hall–Kier alpha value is -1.75. The van der Waals surface area contributed by atoms with Crippen molar-refractivity contribution in [1.29, 1.82) is 0 Å². The number of benzene rings is 1. The van der Waals surface area contributed by atoms with Crippen LogP contribution < -0.4 is 0 Å². The maximum absolute atomic E-state index is 12.8. The number of amides is 1. The van der Waals surface area contributed by atoms with Gasteiger partial charge < -0.3 is 4.90 Å². The molecule has 2 aromatic rings. The zero-order valence-corrected chi connectivity index (χ0v) is 11.9. The summed E-state index contributed by atoms with van der Waals surface area (Å²) in [6, 6.07) is 9.53. The van der Waals surface area contributed by atoms with Gasteiger partial charge >= 0.3 is 0 Å². The second-order valence-electron chi connectivity index (χ2n) is 4.16. The van der Waals surface area contributed by atoms with Crippen LogP contribution in [0.4, 0.5) is 4.39 Å². The van der Waals surface area contributed by atoms with Gasteiger partial charge in [0.05, 0.1) is 5.56 Å². The van der Waals surface area contributed by atoms with E-state index in [1.165, 1.54) is 18.3 Å². The van der Waals surface area contributed by atoms with Crippen LogP contribution in [-0.2, 0) is 6.54 Å². The summed E-state index contributed by atoms with van der Waals surface area (Å²) in [4.78, 5) is 17.7. The monoisotopic (exact) mass is 322 g/mol. The average Bonchev–Trinajstić information content (AvgIpc) is 2.41. The van der Waals surface area contributed by atoms with Gasteiger partial charge in [-0.05, 0) is 45.8 Å². The van der Waals surface area contributed by atoms with Gasteiger partial charge in [-0.2, -0.15) is 0 Å². The first-order valence-electron chi connectivity index (χ1n) is 5.68. The first-order chi connectivity index (χ1) is 9.06. The molecule has 0 N–H and O–H groups in total. The van der Waals surface area contributed by atoms with Crippen molar-refractivity contribution in [3.05, 3.63) is 64.1 Å². The Balaban J connectivity index is 2.07. The molecular weight excluding hydrogens is 311 g/mol. The van der Waals surface area contributed by atoms with Crippen LogP contribution in [0, 0.1) is 5.82 Å². The normalized spacial score (nSPS) is 10.3. The second kappa shape index (κ2) is 5.93. The van der Waals surface area contributed by atoms with Crippen LogP contribution in [0.3, 0.4) is 0 Å². The molecule has 1 amide bonds. The zero-order valence-electron chi connectivity index (χ0n) is 10.3. The maximum Gasteiger partial charge on any atom is 0.255 e. The number of aromatic nitrogens is 1. The first kappa shape index (κ1) is 13.7. The number of nitrogens with zero attached hydrogens (tertiary/aromatic N) is 2. The summed E-state index contributed by atoms with van der Waals surface area (Å²) in [6.45, 7) is 0.426. The highest BCUT2D eigenvalue weighted by Crippen LogP contribution is 2.11. The molecule has 1 aromatic carbocycles. The fourth-order valence-corrected chi connectivity index (χ4v) is 1.89. The number of carbonyl (C=O) groups excluding carboxylic acids is 1. The lowest BCUT2D eigenvalue weighted by molar-refractivity contribution is 0.0784. The summed E-state index contributed by atoms with van der Waals surface area (Å²) in [5.74, 6) is -0.404. The van der Waals surface area contributed by atoms with Crippen LogP contribution in [0.1, 0.15) is 15.9 Å². The van der Waals surface area contributed by atoms with E-state index < -0.39 is 0 Å². The van der Waals surface area contributed by atoms with E-state index in [1.54, 1.807) is 36.2 Å². The average molecular weight is 323 g/mol. The highest BCUT2D eigenvalue weighted by atomic mass is 79.9. The molecule has 5 heteroatoms. The molecule has 2 rings (SSSR count). The number of rotatable bonds is 3. The molecule has 0 aliphatic carbocycles. The molecule has 0 spiro atoms. The molecule has 1 aromatic heterocycles. The van der Waals surface area contributed by atoms with Gasteiger partial charge in [0.1, 0.15) is 10.4 Å². The summed E-state index contributed by atoms with van der Waals surface area (Å²) < 4.78 is 13.5. The van der Waals surface area contributed by atoms with Gasteiger partial charge in [0.25, 0.3) is 5.91 Å². The van der Waals surface area contributed by atoms with Gasteiger partial charge in [0.15, 0.2) is 0 Å². The molecule has 0 radical (unpaired) electrons. The van der Waals surface area contributed by atoms with E-state index in [1.807, 2.05) is 0 Å². The topological polar surface area (TPSA) is 33.2 Å². The SMILES string of the molecule is CN(Cc1ccc(F)cc1)C(=O)c1ccc(Br)nc1. The molecule has 0 aliphatic heterocycles. The molecule has 0 unspecified atom stereocenters. The van der Waals surface area contributed by atoms with Crippen molar-refractivity contribution in [3.63, 3.8) is 0 Å². The number of halogens is 2. The summed E-state index contributed by atoms with van der Waals surface area (Å²) >= 11 is 3.22. The lowest BCUT2D eigenvalue weighted by Crippen LogP contribution is -2.26. The fourth-order valence-electron chi connectivity index (χ4n) is 1.66. The fraction of sp³-hybridized carbons (Fsp3) is 0.143. The number of hydrogen-bond donors (Lipinski definition) is 0. The van der Waals surface area contributed by atoms with Gasteiger partial charge in [0, 0.05) is 19.8 Å². The maximum atomic E-state index is 12.8. The van der Waals surface area contributed by atoms with Crippen molar-refractivity contribution in [2.24, 2.45) is 0 Å². The second-order valence-corrected chi connectivity index (χ2v) is 4.97. The van der Waals surface area contributed by atoms with E-state index in [-0.39, 0.29) is 11.7 Å². The predicted octanol–water partition coefficient (Wildman–Crippen LogP) is 3.26. The third kappa shape index (κ3) is 3.61. The van der Waals surface area contributed by atoms with Crippen molar-refractivity contribution < 1.29 is 9.18 Å². The van der Waals surface area contributed by atoms with E-state index in [0.717, 1.165) is 5.56 Å². The summed E-state index contributed by atoms with van der Waals surface area (Å²) in [7, 11) is 1.70. The van der Waals surface area contributed by atoms with Crippen LogP contribution in [0.5, 0.6) is 0 Å². The van der Waals surface area contributed by atoms with Crippen molar-refractivity contribution in [2.75, 3.05) is 7.05 Å². The first-order valence-corrected chi connectivity index (χ1v) is 6.47. The Kier molecular flexibility index (Phi) is 4.27. The third-order valence-electron chi connectivity index (χ3n) is 2.65. The number of carbonyl (C=O) groups is 1. The van der Waals surface area contributed by atoms with E-state index in [0.29, 0.717) is 16.7 Å². The van der Waals surface area contributed by atoms with Crippen LogP contribution in [-0.4, -0.2) is 22.8 Å². The molecule has 19 heavy (non-hydrogen) atoms. The molecule has 0 saturated carbocycles. The standard InChI is InChI=1S/C14H12BrFN2O/c1-18(9-10-2-5-12(16)6-3-10)14(19)11-4-7-13(15)17-8-11/h2-8H,9H2,1H3. The minimum atomic E-state index is -0.283. The lowest BCUT2D eigenvalue weighted by atomic mass is 10.2. The van der Waals surface area contributed by atoms with Crippen molar-refractivity contribution >= 4 is 21.8 Å². The smallest absolute Gasteiger partial charge is 0.255 e. The quantitative estimate of drug-likeness (QED) is 0.813. The van der Waals surface area contributed by atoms with Crippen molar-refractivity contribution in [1.82, 2.24) is 9.88 Å². The molecule has 1 heterocycles. The van der Waals surface area contributed by atoms with Crippen molar-refractivity contribution in [2.45, 2.75) is 6.54 Å². The molecule has 0 atom stereocenters. The minimum Gasteiger partial charge on any atom is -0.337 e. The largest absolute Gasteiger partial charge is 0.337 e. The molecule has 0 aliphatic rings. The van der Waals surface area contributed by atoms with Crippen molar-refractivity contribution in [3.8, 4) is 0 Å². The summed E-state index contributed by atoms with van der Waals surface area (Å²) in [5.41, 5.74) is 1.40. The van der Waals surface area contributed by atoms with E-state index in [2.05, 4.69) is 20.9 Å². The van der Waals surface area contributed by atoms with Crippen LogP contribution >= 0.6 is 15.9 Å². The van der Waals surface area contributed by atoms with E-state index in [9.17, 15) is 9.18 Å². The summed E-state index contributed by atoms with van der Waals surface area (Å²) in [5, 5.41) is 0. The molecular formula is C14H12BrFN2O. The Morgan fingerprint density at radius 1 is 1.26 bits per heavy atom. The van der Waals surface area contributed by atoms with Gasteiger partial charge in [-0.25, -0.2) is 9.37 Å². The van der Waals surface area contributed by atoms with Crippen LogP contribution in [0.25, 0.3) is 0 Å². The highest BCUT2D eigenvalue weighted by molar-refractivity contribution is 9.10. The molecule has 3 nitrogen and oxygen atoms in total. The van der Waals surface area contributed by atoms with Crippen LogP contribution in [0.15, 0.2) is 47.2 Å². The zero-order chi connectivity index (χ0) is 13.8. The van der Waals surface area contributed by atoms with Gasteiger partial charge in [0.2, 0.25) is 0 Å². The predicted molar refractivity (Wildman–Crippen MR) is 74.1 cm³/mol. The molecule has 0 saturated heterocycles.